The first-order chi connectivity index (χ1) is 12.6. The third-order valence-electron chi connectivity index (χ3n) is 5.90. The van der Waals surface area contributed by atoms with E-state index >= 15 is 0 Å². The maximum Gasteiger partial charge on any atom is 0.411 e. The smallest absolute Gasteiger partial charge is 0.411 e. The van der Waals surface area contributed by atoms with Gasteiger partial charge in [0, 0.05) is 36.8 Å². The Hall–Kier alpha value is -2.53. The molecule has 0 aliphatic carbocycles. The molecule has 1 spiro atoms. The zero-order valence-corrected chi connectivity index (χ0v) is 15.1. The van der Waals surface area contributed by atoms with Crippen LogP contribution in [-0.2, 0) is 12.0 Å². The van der Waals surface area contributed by atoms with Crippen LogP contribution in [0.4, 0.5) is 16.2 Å². The van der Waals surface area contributed by atoms with Gasteiger partial charge in [-0.1, -0.05) is 36.4 Å². The van der Waals surface area contributed by atoms with E-state index in [2.05, 4.69) is 46.6 Å². The number of benzene rings is 2. The van der Waals surface area contributed by atoms with Crippen molar-refractivity contribution < 1.29 is 9.90 Å². The first-order valence-electron chi connectivity index (χ1n) is 9.19. The second-order valence-electron chi connectivity index (χ2n) is 7.44. The molecule has 2 aliphatic heterocycles. The van der Waals surface area contributed by atoms with E-state index in [1.165, 1.54) is 16.0 Å². The molecule has 5 heteroatoms. The molecule has 0 unspecified atom stereocenters. The lowest BCUT2D eigenvalue weighted by Crippen LogP contribution is -2.44. The highest BCUT2D eigenvalue weighted by molar-refractivity contribution is 5.89. The fourth-order valence-electron chi connectivity index (χ4n) is 4.39. The zero-order chi connectivity index (χ0) is 18.1. The van der Waals surface area contributed by atoms with Gasteiger partial charge in [-0.05, 0) is 43.6 Å². The van der Waals surface area contributed by atoms with Gasteiger partial charge in [-0.2, -0.15) is 0 Å². The molecule has 0 atom stereocenters. The number of fused-ring (bicyclic) bond motifs is 2. The Balaban J connectivity index is 1.55. The van der Waals surface area contributed by atoms with Crippen molar-refractivity contribution in [1.82, 2.24) is 4.90 Å². The predicted molar refractivity (Wildman–Crippen MR) is 104 cm³/mol. The Morgan fingerprint density at radius 1 is 1.15 bits per heavy atom. The number of hydrogen-bond donors (Lipinski definition) is 2. The monoisotopic (exact) mass is 351 g/mol. The van der Waals surface area contributed by atoms with Gasteiger partial charge in [-0.15, -0.1) is 0 Å². The quantitative estimate of drug-likeness (QED) is 0.884. The van der Waals surface area contributed by atoms with Crippen molar-refractivity contribution in [2.45, 2.75) is 24.8 Å². The van der Waals surface area contributed by atoms with E-state index in [1.807, 2.05) is 12.1 Å². The number of piperidine rings is 1. The minimum absolute atomic E-state index is 0.0306. The highest BCUT2D eigenvalue weighted by atomic mass is 16.4. The van der Waals surface area contributed by atoms with Gasteiger partial charge in [0.05, 0.1) is 5.69 Å². The number of carbonyl (C=O) groups is 1. The van der Waals surface area contributed by atoms with E-state index in [4.69, 9.17) is 0 Å². The predicted octanol–water partition coefficient (Wildman–Crippen LogP) is 3.76. The molecule has 2 aromatic carbocycles. The van der Waals surface area contributed by atoms with Crippen LogP contribution in [0.3, 0.4) is 0 Å². The minimum Gasteiger partial charge on any atom is -0.465 e. The largest absolute Gasteiger partial charge is 0.465 e. The summed E-state index contributed by atoms with van der Waals surface area (Å²) in [6.45, 7) is 3.93. The summed E-state index contributed by atoms with van der Waals surface area (Å²) in [5.41, 5.74) is 4.47. The van der Waals surface area contributed by atoms with Crippen molar-refractivity contribution >= 4 is 17.5 Å². The van der Waals surface area contributed by atoms with Crippen molar-refractivity contribution in [3.05, 3.63) is 59.7 Å². The Labute approximate surface area is 154 Å². The number of hydrogen-bond acceptors (Lipinski definition) is 3. The van der Waals surface area contributed by atoms with E-state index in [9.17, 15) is 9.90 Å². The Morgan fingerprint density at radius 3 is 2.58 bits per heavy atom. The average Bonchev–Trinajstić information content (AvgIpc) is 3.03. The lowest BCUT2D eigenvalue weighted by atomic mass is 9.73. The molecule has 2 aromatic rings. The maximum atomic E-state index is 11.5. The van der Waals surface area contributed by atoms with Gasteiger partial charge in [0.2, 0.25) is 0 Å². The lowest BCUT2D eigenvalue weighted by molar-refractivity contribution is 0.162. The van der Waals surface area contributed by atoms with E-state index in [1.54, 1.807) is 7.05 Å². The van der Waals surface area contributed by atoms with Crippen LogP contribution in [0.15, 0.2) is 48.5 Å². The van der Waals surface area contributed by atoms with Crippen molar-refractivity contribution in [3.63, 3.8) is 0 Å². The number of nitrogens with zero attached hydrogens (tertiary/aromatic N) is 2. The van der Waals surface area contributed by atoms with Gasteiger partial charge in [-0.25, -0.2) is 4.79 Å². The van der Waals surface area contributed by atoms with Crippen molar-refractivity contribution in [2.24, 2.45) is 0 Å². The van der Waals surface area contributed by atoms with Crippen LogP contribution in [0.2, 0.25) is 0 Å². The molecule has 5 nitrogen and oxygen atoms in total. The molecule has 0 saturated carbocycles. The summed E-state index contributed by atoms with van der Waals surface area (Å²) in [4.78, 5) is 15.4. The first-order valence-corrected chi connectivity index (χ1v) is 9.19. The molecule has 2 N–H and O–H groups in total. The number of amides is 1. The molecule has 1 amide bonds. The summed E-state index contributed by atoms with van der Waals surface area (Å²) in [6, 6.07) is 16.5. The number of likely N-dealkylation sites (tertiary alicyclic amines) is 1. The second-order valence-corrected chi connectivity index (χ2v) is 7.44. The molecule has 2 heterocycles. The molecule has 1 fully saturated rings. The SMILES string of the molecule is CN(C(=O)O)c1cccc2c1C1(CCN(Cc3ccccc3)CC1)CN2. The maximum absolute atomic E-state index is 11.5. The van der Waals surface area contributed by atoms with Crippen LogP contribution in [0.5, 0.6) is 0 Å². The van der Waals surface area contributed by atoms with Gasteiger partial charge in [0.15, 0.2) is 0 Å². The van der Waals surface area contributed by atoms with Crippen LogP contribution in [0.1, 0.15) is 24.0 Å². The number of nitrogens with one attached hydrogen (secondary N) is 1. The Bertz CT molecular complexity index is 798. The van der Waals surface area contributed by atoms with Gasteiger partial charge in [-0.3, -0.25) is 9.80 Å². The van der Waals surface area contributed by atoms with Gasteiger partial charge >= 0.3 is 6.09 Å². The molecule has 26 heavy (non-hydrogen) atoms. The highest BCUT2D eigenvalue weighted by Crippen LogP contribution is 2.48. The van der Waals surface area contributed by atoms with E-state index in [-0.39, 0.29) is 5.41 Å². The van der Waals surface area contributed by atoms with Gasteiger partial charge in [0.25, 0.3) is 0 Å². The van der Waals surface area contributed by atoms with Crippen molar-refractivity contribution in [1.29, 1.82) is 0 Å². The topological polar surface area (TPSA) is 55.8 Å². The summed E-state index contributed by atoms with van der Waals surface area (Å²) in [5, 5.41) is 13.0. The van der Waals surface area contributed by atoms with Crippen LogP contribution in [-0.4, -0.2) is 42.8 Å². The third kappa shape index (κ3) is 2.92. The molecule has 0 aromatic heterocycles. The minimum atomic E-state index is -0.915. The molecule has 136 valence electrons. The number of carboxylic acid groups (broad SMARTS) is 1. The lowest BCUT2D eigenvalue weighted by Gasteiger charge is -2.40. The number of rotatable bonds is 3. The molecule has 0 radical (unpaired) electrons. The second kappa shape index (κ2) is 6.65. The van der Waals surface area contributed by atoms with Crippen LogP contribution in [0, 0.1) is 0 Å². The van der Waals surface area contributed by atoms with Crippen molar-refractivity contribution in [2.75, 3.05) is 36.9 Å². The molecule has 0 bridgehead atoms. The molecule has 1 saturated heterocycles. The molecule has 4 rings (SSSR count). The van der Waals surface area contributed by atoms with E-state index in [0.29, 0.717) is 0 Å². The summed E-state index contributed by atoms with van der Waals surface area (Å²) < 4.78 is 0. The Kier molecular flexibility index (Phi) is 4.32. The van der Waals surface area contributed by atoms with Crippen LogP contribution >= 0.6 is 0 Å². The summed E-state index contributed by atoms with van der Waals surface area (Å²) >= 11 is 0. The van der Waals surface area contributed by atoms with Gasteiger partial charge < -0.3 is 10.4 Å². The summed E-state index contributed by atoms with van der Waals surface area (Å²) in [6.07, 6.45) is 1.18. The van der Waals surface area contributed by atoms with E-state index < -0.39 is 6.09 Å². The highest BCUT2D eigenvalue weighted by Gasteiger charge is 2.43. The molecular weight excluding hydrogens is 326 g/mol. The summed E-state index contributed by atoms with van der Waals surface area (Å²) in [7, 11) is 1.63. The molecular formula is C21H25N3O2. The first kappa shape index (κ1) is 16.9. The van der Waals surface area contributed by atoms with Crippen molar-refractivity contribution in [3.8, 4) is 0 Å². The zero-order valence-electron chi connectivity index (χ0n) is 15.1. The fourth-order valence-corrected chi connectivity index (χ4v) is 4.39. The normalized spacial score (nSPS) is 18.3. The fraction of sp³-hybridized carbons (Fsp3) is 0.381. The van der Waals surface area contributed by atoms with E-state index in [0.717, 1.165) is 50.4 Å². The van der Waals surface area contributed by atoms with Crippen LogP contribution < -0.4 is 10.2 Å². The average molecular weight is 351 g/mol. The summed E-state index contributed by atoms with van der Waals surface area (Å²) in [5.74, 6) is 0. The molecule has 2 aliphatic rings. The van der Waals surface area contributed by atoms with Crippen LogP contribution in [0.25, 0.3) is 0 Å². The number of anilines is 2. The Morgan fingerprint density at radius 2 is 1.88 bits per heavy atom. The standard InChI is InChI=1S/C21H25N3O2/c1-23(20(25)26)18-9-5-8-17-19(18)21(15-22-17)10-12-24(13-11-21)14-16-6-3-2-4-7-16/h2-9,22H,10-15H2,1H3,(H,25,26). The third-order valence-corrected chi connectivity index (χ3v) is 5.90. The van der Waals surface area contributed by atoms with Gasteiger partial charge in [0.1, 0.15) is 0 Å².